The number of esters is 1. The number of aliphatic hydroxyl groups is 4. The van der Waals surface area contributed by atoms with E-state index in [-0.39, 0.29) is 24.8 Å². The molecule has 38 heavy (non-hydrogen) atoms. The maximum absolute atomic E-state index is 12.4. The van der Waals surface area contributed by atoms with E-state index in [9.17, 15) is 43.2 Å². The third kappa shape index (κ3) is 4.16. The van der Waals surface area contributed by atoms with Crippen LogP contribution in [0.15, 0.2) is 24.0 Å². The Morgan fingerprint density at radius 1 is 1.29 bits per heavy atom. The lowest BCUT2D eigenvalue weighted by Crippen LogP contribution is -2.74. The van der Waals surface area contributed by atoms with Crippen molar-refractivity contribution in [3.05, 3.63) is 40.7 Å². The number of rotatable bonds is 5. The van der Waals surface area contributed by atoms with Crippen LogP contribution in [-0.4, -0.2) is 98.4 Å². The molecule has 0 radical (unpaired) electrons. The summed E-state index contributed by atoms with van der Waals surface area (Å²) in [5.41, 5.74) is 0.216. The van der Waals surface area contributed by atoms with Gasteiger partial charge in [0.1, 0.15) is 11.5 Å². The smallest absolute Gasteiger partial charge is 0.446 e. The number of nitrogens with zero attached hydrogens (tertiary/aromatic N) is 1. The molecule has 11 nitrogen and oxygen atoms in total. The fourth-order valence-electron chi connectivity index (χ4n) is 6.07. The minimum atomic E-state index is -4.64. The van der Waals surface area contributed by atoms with Crippen molar-refractivity contribution in [3.63, 3.8) is 0 Å². The maximum Gasteiger partial charge on any atom is 0.446 e. The van der Waals surface area contributed by atoms with E-state index in [0.717, 1.165) is 11.1 Å². The molecule has 1 saturated heterocycles. The van der Waals surface area contributed by atoms with Gasteiger partial charge in [0.05, 0.1) is 17.6 Å². The molecular formula is C24H26F3NO10. The molecule has 2 heterocycles. The zero-order valence-corrected chi connectivity index (χ0v) is 20.0. The van der Waals surface area contributed by atoms with Crippen molar-refractivity contribution in [3.8, 4) is 5.75 Å². The van der Waals surface area contributed by atoms with Crippen molar-refractivity contribution < 1.29 is 62.6 Å². The molecule has 1 fully saturated rings. The van der Waals surface area contributed by atoms with Gasteiger partial charge in [-0.25, -0.2) is 9.59 Å². The molecule has 5 N–H and O–H groups in total. The Bertz CT molecular complexity index is 1190. The minimum absolute atomic E-state index is 0.0487. The Balaban J connectivity index is 0.000000505. The molecule has 0 amide bonds. The summed E-state index contributed by atoms with van der Waals surface area (Å²) in [6.07, 6.45) is -8.43. The third-order valence-corrected chi connectivity index (χ3v) is 7.77. The monoisotopic (exact) mass is 545 g/mol. The molecule has 5 rings (SSSR count). The van der Waals surface area contributed by atoms with Gasteiger partial charge in [0, 0.05) is 23.6 Å². The van der Waals surface area contributed by atoms with Crippen molar-refractivity contribution >= 4 is 18.2 Å². The van der Waals surface area contributed by atoms with Crippen LogP contribution in [0.1, 0.15) is 29.5 Å². The van der Waals surface area contributed by atoms with Gasteiger partial charge < -0.3 is 39.9 Å². The van der Waals surface area contributed by atoms with Crippen molar-refractivity contribution in [2.24, 2.45) is 0 Å². The van der Waals surface area contributed by atoms with E-state index in [1.54, 1.807) is 6.07 Å². The molecule has 4 aliphatic rings. The minimum Gasteiger partial charge on any atom is -0.481 e. The number of alkyl halides is 3. The van der Waals surface area contributed by atoms with E-state index in [1.165, 1.54) is 6.08 Å². The van der Waals surface area contributed by atoms with Gasteiger partial charge in [-0.15, -0.1) is 0 Å². The molecule has 14 heteroatoms. The maximum atomic E-state index is 12.4. The Labute approximate surface area is 213 Å². The summed E-state index contributed by atoms with van der Waals surface area (Å²) in [4.78, 5) is 34.1. The number of halogens is 3. The average molecular weight is 545 g/mol. The summed E-state index contributed by atoms with van der Waals surface area (Å²) in [6, 6.07) is 3.51. The molecule has 1 aromatic rings. The highest BCUT2D eigenvalue weighted by atomic mass is 19.4. The molecule has 2 aliphatic heterocycles. The third-order valence-electron chi connectivity index (χ3n) is 7.77. The highest BCUT2D eigenvalue weighted by Gasteiger charge is 2.72. The van der Waals surface area contributed by atoms with Crippen LogP contribution in [0.3, 0.4) is 0 Å². The summed E-state index contributed by atoms with van der Waals surface area (Å²) in [5, 5.41) is 50.2. The number of carbonyl (C=O) groups excluding carboxylic acids is 2. The molecule has 6 atom stereocenters. The van der Waals surface area contributed by atoms with E-state index >= 15 is 0 Å². The number of aldehydes is 1. The zero-order chi connectivity index (χ0) is 28.2. The lowest BCUT2D eigenvalue weighted by Gasteiger charge is -2.61. The van der Waals surface area contributed by atoms with E-state index < -0.39 is 53.7 Å². The fourth-order valence-corrected chi connectivity index (χ4v) is 6.07. The van der Waals surface area contributed by atoms with Gasteiger partial charge in [-0.3, -0.25) is 4.79 Å². The van der Waals surface area contributed by atoms with Gasteiger partial charge >= 0.3 is 18.1 Å². The van der Waals surface area contributed by atoms with Gasteiger partial charge in [0.15, 0.2) is 18.3 Å². The second-order valence-corrected chi connectivity index (χ2v) is 9.71. The van der Waals surface area contributed by atoms with Crippen LogP contribution in [0.25, 0.3) is 0 Å². The normalized spacial score (nSPS) is 30.5. The molecule has 1 spiro atoms. The molecular weight excluding hydrogens is 519 g/mol. The predicted octanol–water partition coefficient (Wildman–Crippen LogP) is -0.446. The van der Waals surface area contributed by atoms with Crippen molar-refractivity contribution in [1.82, 2.24) is 4.90 Å². The van der Waals surface area contributed by atoms with Gasteiger partial charge in [0.25, 0.3) is 0 Å². The summed E-state index contributed by atoms with van der Waals surface area (Å²) in [7, 11) is 1.96. The lowest BCUT2D eigenvalue weighted by molar-refractivity contribution is -0.177. The highest BCUT2D eigenvalue weighted by Crippen LogP contribution is 2.64. The van der Waals surface area contributed by atoms with E-state index in [4.69, 9.17) is 19.4 Å². The van der Waals surface area contributed by atoms with Crippen molar-refractivity contribution in [2.75, 3.05) is 13.6 Å². The number of aliphatic carboxylic acids is 1. The van der Waals surface area contributed by atoms with Crippen LogP contribution in [0.2, 0.25) is 0 Å². The second-order valence-electron chi connectivity index (χ2n) is 9.71. The highest BCUT2D eigenvalue weighted by molar-refractivity contribution is 5.85. The summed E-state index contributed by atoms with van der Waals surface area (Å²) in [5.74, 6) is -2.57. The summed E-state index contributed by atoms with van der Waals surface area (Å²) >= 11 is 0. The number of aliphatic hydroxyl groups excluding tert-OH is 3. The van der Waals surface area contributed by atoms with Crippen LogP contribution in [0, 0.1) is 0 Å². The first-order valence-corrected chi connectivity index (χ1v) is 11.6. The largest absolute Gasteiger partial charge is 0.481 e. The first kappa shape index (κ1) is 28.0. The Kier molecular flexibility index (Phi) is 7.08. The van der Waals surface area contributed by atoms with Gasteiger partial charge in [-0.05, 0) is 38.1 Å². The molecule has 208 valence electrons. The summed E-state index contributed by atoms with van der Waals surface area (Å²) in [6.45, 7) is 0.395. The Morgan fingerprint density at radius 2 is 1.95 bits per heavy atom. The van der Waals surface area contributed by atoms with Crippen LogP contribution in [0.4, 0.5) is 13.2 Å². The number of carboxylic acid groups (broad SMARTS) is 1. The molecule has 2 bridgehead atoms. The number of carboxylic acids is 1. The predicted molar refractivity (Wildman–Crippen MR) is 119 cm³/mol. The number of carbonyl (C=O) groups is 3. The van der Waals surface area contributed by atoms with E-state index in [0.29, 0.717) is 30.7 Å². The van der Waals surface area contributed by atoms with Crippen LogP contribution < -0.4 is 4.74 Å². The number of likely N-dealkylation sites (N-methyl/N-ethyl adjacent to an activating group) is 1. The van der Waals surface area contributed by atoms with Crippen LogP contribution >= 0.6 is 0 Å². The molecule has 0 saturated carbocycles. The van der Waals surface area contributed by atoms with Gasteiger partial charge in [-0.2, -0.15) is 13.2 Å². The number of likely N-dealkylation sites (tertiary alicyclic amines) is 1. The lowest BCUT2D eigenvalue weighted by atomic mass is 9.50. The quantitative estimate of drug-likeness (QED) is 0.240. The number of piperidine rings is 1. The van der Waals surface area contributed by atoms with Gasteiger partial charge in [-0.1, -0.05) is 12.1 Å². The van der Waals surface area contributed by atoms with E-state index in [1.807, 2.05) is 13.1 Å². The standard InChI is InChI=1S/C22H25NO9.C2HF3O/c1-23-7-6-21-14-10-2-3-11(9-24)17(14)32-18(21)12(4-5-22(21,30)13(23)8-10)31-20(29)16(26)15(25)19(27)28;3-2(4,5)1-6/h2-4,13,15-16,18,24-26,30H,5-9H2,1H3,(H,27,28);1H/t13-,15-,16-,18+,21+,22-;/m1./s1. The van der Waals surface area contributed by atoms with Crippen LogP contribution in [0.5, 0.6) is 5.75 Å². The first-order valence-electron chi connectivity index (χ1n) is 11.6. The Hall–Kier alpha value is -3.04. The van der Waals surface area contributed by atoms with Crippen molar-refractivity contribution in [1.29, 1.82) is 0 Å². The Morgan fingerprint density at radius 3 is 2.53 bits per heavy atom. The first-order chi connectivity index (χ1) is 17.7. The number of ether oxygens (including phenoxy) is 2. The van der Waals surface area contributed by atoms with Crippen LogP contribution in [-0.2, 0) is 37.6 Å². The van der Waals surface area contributed by atoms with Crippen molar-refractivity contribution in [2.45, 2.75) is 67.4 Å². The molecule has 0 aromatic heterocycles. The topological polar surface area (TPSA) is 174 Å². The number of benzene rings is 1. The molecule has 0 unspecified atom stereocenters. The average Bonchev–Trinajstić information content (AvgIpc) is 3.22. The second kappa shape index (κ2) is 9.61. The van der Waals surface area contributed by atoms with E-state index in [2.05, 4.69) is 4.90 Å². The SMILES string of the molecule is CN1CC[C@]23c4c5ccc(CO)c4O[C@H]2C(OC(=O)[C@H](O)[C@@H](O)C(=O)O)=CC[C@@]3(O)[C@H]1C5.O=CC(F)(F)F. The fraction of sp³-hybridized carbons (Fsp3) is 0.542. The summed E-state index contributed by atoms with van der Waals surface area (Å²) < 4.78 is 42.9. The number of hydrogen-bond acceptors (Lipinski definition) is 10. The number of hydrogen-bond donors (Lipinski definition) is 5. The molecule has 1 aromatic carbocycles. The zero-order valence-electron chi connectivity index (χ0n) is 20.0. The molecule has 2 aliphatic carbocycles. The van der Waals surface area contributed by atoms with Gasteiger partial charge in [0.2, 0.25) is 6.29 Å².